The van der Waals surface area contributed by atoms with E-state index in [-0.39, 0.29) is 23.8 Å². The first-order valence-corrected chi connectivity index (χ1v) is 6.93. The summed E-state index contributed by atoms with van der Waals surface area (Å²) in [6, 6.07) is 0. The number of nitrogens with zero attached hydrogens (tertiary/aromatic N) is 1. The first kappa shape index (κ1) is 11.9. The van der Waals surface area contributed by atoms with Crippen molar-refractivity contribution in [3.05, 3.63) is 0 Å². The largest absolute Gasteiger partial charge is 0.393 e. The number of imide groups is 1. The van der Waals surface area contributed by atoms with Crippen LogP contribution in [0.15, 0.2) is 0 Å². The zero-order valence-electron chi connectivity index (χ0n) is 9.22. The fourth-order valence-corrected chi connectivity index (χ4v) is 3.12. The molecule has 0 aromatic rings. The molecule has 2 aliphatic rings. The van der Waals surface area contributed by atoms with Gasteiger partial charge in [0.1, 0.15) is 0 Å². The fraction of sp³-hybridized carbons (Fsp3) is 0.818. The predicted molar refractivity (Wildman–Crippen MR) is 62.0 cm³/mol. The van der Waals surface area contributed by atoms with Crippen LogP contribution in [0.1, 0.15) is 25.7 Å². The standard InChI is InChI=1S/C11H17NO3S/c13-9-4-2-1-3-8(9)5-12-10(14)6-16-7-11(12)15/h8-9,13H,1-7H2. The summed E-state index contributed by atoms with van der Waals surface area (Å²) in [6.07, 6.45) is 3.52. The summed E-state index contributed by atoms with van der Waals surface area (Å²) in [5.41, 5.74) is 0. The smallest absolute Gasteiger partial charge is 0.239 e. The third kappa shape index (κ3) is 2.58. The highest BCUT2D eigenvalue weighted by molar-refractivity contribution is 8.00. The highest BCUT2D eigenvalue weighted by Crippen LogP contribution is 2.26. The van der Waals surface area contributed by atoms with Crippen molar-refractivity contribution in [2.75, 3.05) is 18.1 Å². The lowest BCUT2D eigenvalue weighted by Gasteiger charge is -2.33. The maximum Gasteiger partial charge on any atom is 0.239 e. The average molecular weight is 243 g/mol. The maximum atomic E-state index is 11.6. The van der Waals surface area contributed by atoms with Gasteiger partial charge < -0.3 is 5.11 Å². The van der Waals surface area contributed by atoms with Crippen molar-refractivity contribution in [2.45, 2.75) is 31.8 Å². The van der Waals surface area contributed by atoms with Gasteiger partial charge >= 0.3 is 0 Å². The minimum atomic E-state index is -0.344. The quantitative estimate of drug-likeness (QED) is 0.723. The Bertz CT molecular complexity index is 279. The topological polar surface area (TPSA) is 57.6 Å². The molecule has 0 spiro atoms. The molecule has 2 unspecified atom stereocenters. The lowest BCUT2D eigenvalue weighted by Crippen LogP contribution is -2.47. The third-order valence-electron chi connectivity index (χ3n) is 3.34. The van der Waals surface area contributed by atoms with Gasteiger partial charge in [0.05, 0.1) is 17.6 Å². The Labute approximate surface area is 99.4 Å². The van der Waals surface area contributed by atoms with Crippen LogP contribution in [0.3, 0.4) is 0 Å². The number of hydrogen-bond acceptors (Lipinski definition) is 4. The molecule has 1 saturated carbocycles. The molecule has 2 fully saturated rings. The molecule has 0 aromatic carbocycles. The molecule has 0 bridgehead atoms. The van der Waals surface area contributed by atoms with Gasteiger partial charge in [0, 0.05) is 12.5 Å². The van der Waals surface area contributed by atoms with Crippen molar-refractivity contribution < 1.29 is 14.7 Å². The van der Waals surface area contributed by atoms with Crippen molar-refractivity contribution in [3.8, 4) is 0 Å². The predicted octanol–water partition coefficient (Wildman–Crippen LogP) is 0.639. The van der Waals surface area contributed by atoms with Gasteiger partial charge in [-0.05, 0) is 12.8 Å². The van der Waals surface area contributed by atoms with Crippen LogP contribution >= 0.6 is 11.8 Å². The Morgan fingerprint density at radius 1 is 1.19 bits per heavy atom. The van der Waals surface area contributed by atoms with E-state index in [9.17, 15) is 14.7 Å². The Hall–Kier alpha value is -0.550. The number of amides is 2. The Balaban J connectivity index is 1.96. The van der Waals surface area contributed by atoms with Crippen molar-refractivity contribution in [1.29, 1.82) is 0 Å². The van der Waals surface area contributed by atoms with Crippen LogP contribution in [0.5, 0.6) is 0 Å². The van der Waals surface area contributed by atoms with Gasteiger partial charge in [-0.2, -0.15) is 0 Å². The monoisotopic (exact) mass is 243 g/mol. The Kier molecular flexibility index (Phi) is 3.86. The SMILES string of the molecule is O=C1CSCC(=O)N1CC1CCCCC1O. The molecular formula is C11H17NO3S. The number of carbonyl (C=O) groups is 2. The summed E-state index contributed by atoms with van der Waals surface area (Å²) in [4.78, 5) is 24.5. The average Bonchev–Trinajstić information content (AvgIpc) is 2.26. The molecule has 2 amide bonds. The van der Waals surface area contributed by atoms with E-state index >= 15 is 0 Å². The number of aliphatic hydroxyl groups excluding tert-OH is 1. The highest BCUT2D eigenvalue weighted by Gasteiger charge is 2.32. The molecule has 1 N–H and O–H groups in total. The molecule has 1 aliphatic heterocycles. The van der Waals surface area contributed by atoms with Crippen molar-refractivity contribution in [3.63, 3.8) is 0 Å². The second kappa shape index (κ2) is 5.19. The van der Waals surface area contributed by atoms with Gasteiger partial charge in [0.2, 0.25) is 11.8 Å². The van der Waals surface area contributed by atoms with E-state index in [2.05, 4.69) is 0 Å². The zero-order valence-corrected chi connectivity index (χ0v) is 10.0. The van der Waals surface area contributed by atoms with Crippen LogP contribution in [0, 0.1) is 5.92 Å². The van der Waals surface area contributed by atoms with E-state index in [1.165, 1.54) is 16.7 Å². The molecule has 1 saturated heterocycles. The molecule has 2 atom stereocenters. The number of thioether (sulfide) groups is 1. The van der Waals surface area contributed by atoms with Gasteiger partial charge in [-0.1, -0.05) is 12.8 Å². The van der Waals surface area contributed by atoms with Crippen molar-refractivity contribution in [2.24, 2.45) is 5.92 Å². The molecule has 1 aliphatic carbocycles. The van der Waals surface area contributed by atoms with Gasteiger partial charge in [-0.15, -0.1) is 11.8 Å². The van der Waals surface area contributed by atoms with E-state index in [0.717, 1.165) is 25.7 Å². The Morgan fingerprint density at radius 3 is 2.44 bits per heavy atom. The molecule has 90 valence electrons. The summed E-state index contributed by atoms with van der Waals surface area (Å²) in [6.45, 7) is 0.416. The molecular weight excluding hydrogens is 226 g/mol. The van der Waals surface area contributed by atoms with Crippen LogP contribution in [0.2, 0.25) is 0 Å². The number of carbonyl (C=O) groups excluding carboxylic acids is 2. The molecule has 0 radical (unpaired) electrons. The van der Waals surface area contributed by atoms with Crippen molar-refractivity contribution >= 4 is 23.6 Å². The summed E-state index contributed by atoms with van der Waals surface area (Å²) in [7, 11) is 0. The van der Waals surface area contributed by atoms with E-state index in [4.69, 9.17) is 0 Å². The maximum absolute atomic E-state index is 11.6. The second-order valence-corrected chi connectivity index (χ2v) is 5.49. The molecule has 16 heavy (non-hydrogen) atoms. The van der Waals surface area contributed by atoms with Gasteiger partial charge in [0.15, 0.2) is 0 Å². The van der Waals surface area contributed by atoms with Crippen molar-refractivity contribution in [1.82, 2.24) is 4.90 Å². The molecule has 4 nitrogen and oxygen atoms in total. The molecule has 1 heterocycles. The van der Waals surface area contributed by atoms with Crippen LogP contribution in [0.4, 0.5) is 0 Å². The minimum Gasteiger partial charge on any atom is -0.393 e. The second-order valence-electron chi connectivity index (χ2n) is 4.50. The van der Waals surface area contributed by atoms with Gasteiger partial charge in [0.25, 0.3) is 0 Å². The van der Waals surface area contributed by atoms with Gasteiger partial charge in [-0.25, -0.2) is 0 Å². The van der Waals surface area contributed by atoms with Crippen LogP contribution < -0.4 is 0 Å². The van der Waals surface area contributed by atoms with E-state index in [1.807, 2.05) is 0 Å². The van der Waals surface area contributed by atoms with Crippen LogP contribution in [-0.4, -0.2) is 46.0 Å². The first-order valence-electron chi connectivity index (χ1n) is 5.77. The molecule has 0 aromatic heterocycles. The highest BCUT2D eigenvalue weighted by atomic mass is 32.2. The summed E-state index contributed by atoms with van der Waals surface area (Å²) in [5.74, 6) is 0.686. The summed E-state index contributed by atoms with van der Waals surface area (Å²) in [5, 5.41) is 9.82. The number of hydrogen-bond donors (Lipinski definition) is 1. The van der Waals surface area contributed by atoms with E-state index in [1.54, 1.807) is 0 Å². The minimum absolute atomic E-state index is 0.0877. The Morgan fingerprint density at radius 2 is 1.81 bits per heavy atom. The molecule has 5 heteroatoms. The number of aliphatic hydroxyl groups is 1. The van der Waals surface area contributed by atoms with E-state index in [0.29, 0.717) is 18.1 Å². The van der Waals surface area contributed by atoms with Crippen LogP contribution in [-0.2, 0) is 9.59 Å². The van der Waals surface area contributed by atoms with E-state index < -0.39 is 0 Å². The summed E-state index contributed by atoms with van der Waals surface area (Å²) >= 11 is 1.37. The first-order chi connectivity index (χ1) is 7.68. The number of rotatable bonds is 2. The summed E-state index contributed by atoms with van der Waals surface area (Å²) < 4.78 is 0. The van der Waals surface area contributed by atoms with Crippen LogP contribution in [0.25, 0.3) is 0 Å². The molecule has 2 rings (SSSR count). The lowest BCUT2D eigenvalue weighted by molar-refractivity contribution is -0.143. The fourth-order valence-electron chi connectivity index (χ4n) is 2.36. The van der Waals surface area contributed by atoms with Gasteiger partial charge in [-0.3, -0.25) is 14.5 Å². The zero-order chi connectivity index (χ0) is 11.5. The normalized spacial score (nSPS) is 31.9. The third-order valence-corrected chi connectivity index (χ3v) is 4.24. The lowest BCUT2D eigenvalue weighted by atomic mass is 9.86.